The maximum absolute atomic E-state index is 5.62. The molecule has 0 aromatic rings. The Bertz CT molecular complexity index is 135. The average molecular weight is 222 g/mol. The molecule has 0 rings (SSSR count). The van der Waals surface area contributed by atoms with E-state index in [1.807, 2.05) is 11.8 Å². The SMILES string of the molecule is C=C(CCl)CSCCN(CC)CC. The third-order valence-electron chi connectivity index (χ3n) is 1.94. The molecule has 0 radical (unpaired) electrons. The topological polar surface area (TPSA) is 3.24 Å². The minimum absolute atomic E-state index is 0.596. The van der Waals surface area contributed by atoms with Crippen molar-refractivity contribution >= 4 is 23.4 Å². The molecule has 13 heavy (non-hydrogen) atoms. The predicted octanol–water partition coefficient (Wildman–Crippen LogP) is 2.86. The van der Waals surface area contributed by atoms with Gasteiger partial charge in [-0.3, -0.25) is 0 Å². The van der Waals surface area contributed by atoms with Crippen LogP contribution in [0.3, 0.4) is 0 Å². The molecule has 0 bridgehead atoms. The number of hydrogen-bond acceptors (Lipinski definition) is 2. The largest absolute Gasteiger partial charge is 0.303 e. The second-order valence-corrected chi connectivity index (χ2v) is 4.34. The van der Waals surface area contributed by atoms with Crippen LogP contribution in [0.1, 0.15) is 13.8 Å². The van der Waals surface area contributed by atoms with Gasteiger partial charge in [0.25, 0.3) is 0 Å². The highest BCUT2D eigenvalue weighted by Crippen LogP contribution is 2.07. The van der Waals surface area contributed by atoms with Crippen molar-refractivity contribution in [2.45, 2.75) is 13.8 Å². The molecule has 0 aromatic heterocycles. The van der Waals surface area contributed by atoms with Gasteiger partial charge < -0.3 is 4.90 Å². The van der Waals surface area contributed by atoms with Crippen LogP contribution in [-0.2, 0) is 0 Å². The van der Waals surface area contributed by atoms with E-state index in [0.29, 0.717) is 5.88 Å². The monoisotopic (exact) mass is 221 g/mol. The van der Waals surface area contributed by atoms with Crippen molar-refractivity contribution in [3.05, 3.63) is 12.2 Å². The maximum atomic E-state index is 5.62. The van der Waals surface area contributed by atoms with Gasteiger partial charge in [-0.1, -0.05) is 26.0 Å². The lowest BCUT2D eigenvalue weighted by Gasteiger charge is -2.17. The van der Waals surface area contributed by atoms with Crippen molar-refractivity contribution < 1.29 is 0 Å². The first-order chi connectivity index (χ1) is 6.24. The Morgan fingerprint density at radius 2 is 2.00 bits per heavy atom. The predicted molar refractivity (Wildman–Crippen MR) is 65.0 cm³/mol. The van der Waals surface area contributed by atoms with E-state index in [9.17, 15) is 0 Å². The van der Waals surface area contributed by atoms with Crippen molar-refractivity contribution in [2.24, 2.45) is 0 Å². The number of hydrogen-bond donors (Lipinski definition) is 0. The van der Waals surface area contributed by atoms with Crippen molar-refractivity contribution in [3.63, 3.8) is 0 Å². The summed E-state index contributed by atoms with van der Waals surface area (Å²) in [6.45, 7) is 11.7. The van der Waals surface area contributed by atoms with Crippen molar-refractivity contribution in [1.29, 1.82) is 0 Å². The summed E-state index contributed by atoms with van der Waals surface area (Å²) in [5.41, 5.74) is 1.13. The molecule has 78 valence electrons. The van der Waals surface area contributed by atoms with Crippen LogP contribution in [0, 0.1) is 0 Å². The molecule has 0 heterocycles. The maximum Gasteiger partial charge on any atom is 0.0439 e. The van der Waals surface area contributed by atoms with Gasteiger partial charge in [-0.2, -0.15) is 11.8 Å². The van der Waals surface area contributed by atoms with Crippen molar-refractivity contribution in [1.82, 2.24) is 4.90 Å². The van der Waals surface area contributed by atoms with Crippen LogP contribution in [0.2, 0.25) is 0 Å². The Hall–Kier alpha value is 0.340. The Balaban J connectivity index is 3.28. The van der Waals surface area contributed by atoms with E-state index >= 15 is 0 Å². The third kappa shape index (κ3) is 7.41. The van der Waals surface area contributed by atoms with Gasteiger partial charge in [0.05, 0.1) is 0 Å². The van der Waals surface area contributed by atoms with Crippen LogP contribution >= 0.6 is 23.4 Å². The molecule has 0 amide bonds. The highest BCUT2D eigenvalue weighted by molar-refractivity contribution is 7.99. The number of nitrogens with zero attached hydrogens (tertiary/aromatic N) is 1. The molecule has 0 aliphatic rings. The molecular weight excluding hydrogens is 202 g/mol. The molecule has 0 saturated heterocycles. The van der Waals surface area contributed by atoms with Gasteiger partial charge in [-0.15, -0.1) is 11.6 Å². The van der Waals surface area contributed by atoms with Gasteiger partial charge in [0.15, 0.2) is 0 Å². The molecular formula is C10H20ClNS. The molecule has 0 aliphatic carbocycles. The lowest BCUT2D eigenvalue weighted by molar-refractivity contribution is 0.324. The number of halogens is 1. The summed E-state index contributed by atoms with van der Waals surface area (Å²) in [5, 5.41) is 0. The van der Waals surface area contributed by atoms with Gasteiger partial charge in [0, 0.05) is 23.9 Å². The summed E-state index contributed by atoms with van der Waals surface area (Å²) in [4.78, 5) is 2.43. The van der Waals surface area contributed by atoms with Crippen LogP contribution in [0.15, 0.2) is 12.2 Å². The third-order valence-corrected chi connectivity index (χ3v) is 3.40. The summed E-state index contributed by atoms with van der Waals surface area (Å²) < 4.78 is 0. The minimum atomic E-state index is 0.596. The Morgan fingerprint density at radius 3 is 2.46 bits per heavy atom. The van der Waals surface area contributed by atoms with E-state index < -0.39 is 0 Å². The second kappa shape index (κ2) is 8.92. The van der Waals surface area contributed by atoms with E-state index in [1.165, 1.54) is 12.3 Å². The Morgan fingerprint density at radius 1 is 1.38 bits per heavy atom. The number of rotatable bonds is 8. The van der Waals surface area contributed by atoms with Gasteiger partial charge in [0.2, 0.25) is 0 Å². The van der Waals surface area contributed by atoms with Crippen LogP contribution in [-0.4, -0.2) is 41.9 Å². The standard InChI is InChI=1S/C10H20ClNS/c1-4-12(5-2)6-7-13-9-10(3)8-11/h3-9H2,1-2H3. The minimum Gasteiger partial charge on any atom is -0.303 e. The Kier molecular flexibility index (Phi) is 9.15. The molecule has 0 aliphatic heterocycles. The molecule has 0 spiro atoms. The van der Waals surface area contributed by atoms with E-state index in [2.05, 4.69) is 25.3 Å². The molecule has 0 N–H and O–H groups in total. The summed E-state index contributed by atoms with van der Waals surface area (Å²) in [6, 6.07) is 0. The summed E-state index contributed by atoms with van der Waals surface area (Å²) in [6.07, 6.45) is 0. The van der Waals surface area contributed by atoms with Crippen LogP contribution < -0.4 is 0 Å². The lowest BCUT2D eigenvalue weighted by atomic mass is 10.4. The quantitative estimate of drug-likeness (QED) is 0.352. The first kappa shape index (κ1) is 13.3. The van der Waals surface area contributed by atoms with Gasteiger partial charge in [0.1, 0.15) is 0 Å². The normalized spacial score (nSPS) is 10.8. The second-order valence-electron chi connectivity index (χ2n) is 2.96. The molecule has 0 aromatic carbocycles. The first-order valence-electron chi connectivity index (χ1n) is 4.77. The zero-order valence-electron chi connectivity index (χ0n) is 8.68. The Labute approximate surface area is 91.5 Å². The summed E-state index contributed by atoms with van der Waals surface area (Å²) >= 11 is 7.54. The molecule has 3 heteroatoms. The van der Waals surface area contributed by atoms with Gasteiger partial charge in [-0.05, 0) is 13.1 Å². The fraction of sp³-hybridized carbons (Fsp3) is 0.800. The lowest BCUT2D eigenvalue weighted by Crippen LogP contribution is -2.25. The van der Waals surface area contributed by atoms with Crippen LogP contribution in [0.5, 0.6) is 0 Å². The van der Waals surface area contributed by atoms with Crippen LogP contribution in [0.25, 0.3) is 0 Å². The fourth-order valence-corrected chi connectivity index (χ4v) is 2.12. The summed E-state index contributed by atoms with van der Waals surface area (Å²) in [7, 11) is 0. The van der Waals surface area contributed by atoms with Crippen molar-refractivity contribution in [3.8, 4) is 0 Å². The average Bonchev–Trinajstić information content (AvgIpc) is 2.18. The number of alkyl halides is 1. The fourth-order valence-electron chi connectivity index (χ4n) is 0.989. The molecule has 0 saturated carbocycles. The smallest absolute Gasteiger partial charge is 0.0439 e. The summed E-state index contributed by atoms with van der Waals surface area (Å²) in [5.74, 6) is 2.78. The zero-order valence-corrected chi connectivity index (χ0v) is 10.3. The van der Waals surface area contributed by atoms with E-state index in [0.717, 1.165) is 24.4 Å². The molecule has 0 atom stereocenters. The highest BCUT2D eigenvalue weighted by atomic mass is 35.5. The van der Waals surface area contributed by atoms with Crippen LogP contribution in [0.4, 0.5) is 0 Å². The highest BCUT2D eigenvalue weighted by Gasteiger charge is 1.98. The van der Waals surface area contributed by atoms with Gasteiger partial charge in [-0.25, -0.2) is 0 Å². The van der Waals surface area contributed by atoms with E-state index in [4.69, 9.17) is 11.6 Å². The first-order valence-corrected chi connectivity index (χ1v) is 6.46. The molecule has 0 fully saturated rings. The van der Waals surface area contributed by atoms with Gasteiger partial charge >= 0.3 is 0 Å². The van der Waals surface area contributed by atoms with E-state index in [-0.39, 0.29) is 0 Å². The molecule has 0 unspecified atom stereocenters. The number of thioether (sulfide) groups is 1. The molecule has 1 nitrogen and oxygen atoms in total. The van der Waals surface area contributed by atoms with Crippen molar-refractivity contribution in [2.75, 3.05) is 37.0 Å². The zero-order chi connectivity index (χ0) is 10.1. The van der Waals surface area contributed by atoms with E-state index in [1.54, 1.807) is 0 Å².